The van der Waals surface area contributed by atoms with Gasteiger partial charge < -0.3 is 4.57 Å². The Labute approximate surface area is 138 Å². The highest BCUT2D eigenvalue weighted by molar-refractivity contribution is 7.89. The maximum Gasteiger partial charge on any atom is 0.154 e. The molecule has 0 N–H and O–H groups in total. The quantitative estimate of drug-likeness (QED) is 0.723. The number of halogens is 2. The molecule has 0 unspecified atom stereocenters. The van der Waals surface area contributed by atoms with Crippen LogP contribution in [0.4, 0.5) is 4.39 Å². The number of hydrogen-bond donors (Lipinski definition) is 0. The van der Waals surface area contributed by atoms with E-state index in [1.807, 2.05) is 18.2 Å². The molecule has 0 aliphatic rings. The summed E-state index contributed by atoms with van der Waals surface area (Å²) in [6.07, 6.45) is 1.15. The first-order valence-electron chi connectivity index (χ1n) is 6.90. The van der Waals surface area contributed by atoms with Crippen LogP contribution in [0.1, 0.15) is 11.4 Å². The number of nitrogens with zero attached hydrogens (tertiary/aromatic N) is 2. The summed E-state index contributed by atoms with van der Waals surface area (Å²) in [7, 11) is -3.27. The Hall–Kier alpha value is -1.92. The molecule has 1 aromatic heterocycles. The normalized spacial score (nSPS) is 12.0. The molecule has 0 bridgehead atoms. The molecule has 0 saturated heterocycles. The number of para-hydroxylation sites is 2. The van der Waals surface area contributed by atoms with Crippen molar-refractivity contribution in [3.8, 4) is 0 Å². The van der Waals surface area contributed by atoms with Gasteiger partial charge in [0.2, 0.25) is 0 Å². The van der Waals surface area contributed by atoms with Crippen LogP contribution in [0.25, 0.3) is 11.0 Å². The highest BCUT2D eigenvalue weighted by Crippen LogP contribution is 2.24. The molecule has 0 aliphatic heterocycles. The summed E-state index contributed by atoms with van der Waals surface area (Å²) in [4.78, 5) is 4.37. The third-order valence-corrected chi connectivity index (χ3v) is 4.64. The first-order valence-corrected chi connectivity index (χ1v) is 9.34. The fourth-order valence-corrected chi connectivity index (χ4v) is 3.40. The zero-order valence-corrected chi connectivity index (χ0v) is 13.9. The van der Waals surface area contributed by atoms with Crippen molar-refractivity contribution >= 4 is 32.5 Å². The van der Waals surface area contributed by atoms with E-state index < -0.39 is 15.7 Å². The molecule has 0 saturated carbocycles. The summed E-state index contributed by atoms with van der Waals surface area (Å²) in [6, 6.07) is 11.7. The number of aromatic nitrogens is 2. The minimum atomic E-state index is -3.27. The van der Waals surface area contributed by atoms with Crippen molar-refractivity contribution in [3.63, 3.8) is 0 Å². The standard InChI is InChI=1S/C16H14ClFN2O2S/c1-23(21,22)10-16-19-14-7-2-3-8-15(14)20(16)9-11-12(17)5-4-6-13(11)18/h2-8H,9-10H2,1H3. The van der Waals surface area contributed by atoms with Gasteiger partial charge in [0.25, 0.3) is 0 Å². The Bertz CT molecular complexity index is 963. The summed E-state index contributed by atoms with van der Waals surface area (Å²) in [5.41, 5.74) is 1.72. The van der Waals surface area contributed by atoms with E-state index in [1.165, 1.54) is 12.1 Å². The first-order chi connectivity index (χ1) is 10.8. The highest BCUT2D eigenvalue weighted by atomic mass is 35.5. The van der Waals surface area contributed by atoms with Gasteiger partial charge in [-0.3, -0.25) is 0 Å². The number of hydrogen-bond acceptors (Lipinski definition) is 3. The molecule has 23 heavy (non-hydrogen) atoms. The van der Waals surface area contributed by atoms with Gasteiger partial charge in [0, 0.05) is 16.8 Å². The summed E-state index contributed by atoms with van der Waals surface area (Å²) in [5.74, 6) is -0.276. The van der Waals surface area contributed by atoms with Crippen LogP contribution in [0.2, 0.25) is 5.02 Å². The average molecular weight is 353 g/mol. The van der Waals surface area contributed by atoms with Gasteiger partial charge in [-0.05, 0) is 24.3 Å². The van der Waals surface area contributed by atoms with E-state index in [2.05, 4.69) is 4.98 Å². The molecule has 0 aliphatic carbocycles. The number of rotatable bonds is 4. The van der Waals surface area contributed by atoms with E-state index >= 15 is 0 Å². The molecule has 1 heterocycles. The summed E-state index contributed by atoms with van der Waals surface area (Å²) >= 11 is 6.09. The van der Waals surface area contributed by atoms with Gasteiger partial charge in [-0.2, -0.15) is 0 Å². The number of benzene rings is 2. The number of imidazole rings is 1. The Morgan fingerprint density at radius 1 is 1.17 bits per heavy atom. The van der Waals surface area contributed by atoms with Crippen LogP contribution in [0.15, 0.2) is 42.5 Å². The van der Waals surface area contributed by atoms with Gasteiger partial charge in [0.1, 0.15) is 17.4 Å². The van der Waals surface area contributed by atoms with E-state index in [9.17, 15) is 12.8 Å². The van der Waals surface area contributed by atoms with Crippen molar-refractivity contribution in [1.82, 2.24) is 9.55 Å². The third kappa shape index (κ3) is 3.38. The molecule has 4 nitrogen and oxygen atoms in total. The van der Waals surface area contributed by atoms with Gasteiger partial charge in [-0.15, -0.1) is 0 Å². The summed E-state index contributed by atoms with van der Waals surface area (Å²) in [6.45, 7) is 0.122. The molecule has 120 valence electrons. The van der Waals surface area contributed by atoms with Crippen LogP contribution in [0.3, 0.4) is 0 Å². The Morgan fingerprint density at radius 3 is 2.61 bits per heavy atom. The fraction of sp³-hybridized carbons (Fsp3) is 0.188. The van der Waals surface area contributed by atoms with E-state index in [-0.39, 0.29) is 12.3 Å². The second kappa shape index (κ2) is 5.94. The molecular weight excluding hydrogens is 339 g/mol. The number of sulfone groups is 1. The average Bonchev–Trinajstić information content (AvgIpc) is 2.78. The molecular formula is C16H14ClFN2O2S. The van der Waals surface area contributed by atoms with Crippen molar-refractivity contribution in [2.45, 2.75) is 12.3 Å². The zero-order valence-electron chi connectivity index (χ0n) is 12.3. The Kier molecular flexibility index (Phi) is 4.12. The van der Waals surface area contributed by atoms with Crippen LogP contribution in [0.5, 0.6) is 0 Å². The van der Waals surface area contributed by atoms with Gasteiger partial charge in [0.05, 0.1) is 17.6 Å². The third-order valence-electron chi connectivity index (χ3n) is 3.50. The second-order valence-corrected chi connectivity index (χ2v) is 7.92. The van der Waals surface area contributed by atoms with Gasteiger partial charge in [0.15, 0.2) is 9.84 Å². The number of fused-ring (bicyclic) bond motifs is 1. The predicted octanol–water partition coefficient (Wildman–Crippen LogP) is 3.42. The maximum absolute atomic E-state index is 14.1. The molecule has 2 aromatic carbocycles. The smallest absolute Gasteiger partial charge is 0.154 e. The fourth-order valence-electron chi connectivity index (χ4n) is 2.49. The lowest BCUT2D eigenvalue weighted by Crippen LogP contribution is -2.11. The molecule has 0 fully saturated rings. The lowest BCUT2D eigenvalue weighted by molar-refractivity contribution is 0.592. The van der Waals surface area contributed by atoms with Gasteiger partial charge in [-0.1, -0.05) is 29.8 Å². The lowest BCUT2D eigenvalue weighted by Gasteiger charge is -2.11. The van der Waals surface area contributed by atoms with Gasteiger partial charge >= 0.3 is 0 Å². The topological polar surface area (TPSA) is 52.0 Å². The van der Waals surface area contributed by atoms with E-state index in [4.69, 9.17) is 11.6 Å². The minimum Gasteiger partial charge on any atom is -0.322 e. The van der Waals surface area contributed by atoms with Crippen LogP contribution in [0, 0.1) is 5.82 Å². The second-order valence-electron chi connectivity index (χ2n) is 5.37. The Balaban J connectivity index is 2.17. The van der Waals surface area contributed by atoms with Crippen molar-refractivity contribution in [2.24, 2.45) is 0 Å². The molecule has 0 radical (unpaired) electrons. The van der Waals surface area contributed by atoms with Crippen LogP contribution >= 0.6 is 11.6 Å². The molecule has 0 atom stereocenters. The minimum absolute atomic E-state index is 0.122. The van der Waals surface area contributed by atoms with Crippen molar-refractivity contribution in [3.05, 3.63) is 64.7 Å². The largest absolute Gasteiger partial charge is 0.322 e. The summed E-state index contributed by atoms with van der Waals surface area (Å²) in [5, 5.41) is 0.299. The van der Waals surface area contributed by atoms with Crippen LogP contribution in [-0.2, 0) is 22.1 Å². The lowest BCUT2D eigenvalue weighted by atomic mass is 10.2. The van der Waals surface area contributed by atoms with Gasteiger partial charge in [-0.25, -0.2) is 17.8 Å². The van der Waals surface area contributed by atoms with Crippen LogP contribution < -0.4 is 0 Å². The molecule has 3 rings (SSSR count). The SMILES string of the molecule is CS(=O)(=O)Cc1nc2ccccc2n1Cc1c(F)cccc1Cl. The molecule has 3 aromatic rings. The van der Waals surface area contributed by atoms with Crippen molar-refractivity contribution < 1.29 is 12.8 Å². The molecule has 0 amide bonds. The molecule has 0 spiro atoms. The first kappa shape index (κ1) is 16.0. The predicted molar refractivity (Wildman–Crippen MR) is 88.8 cm³/mol. The van der Waals surface area contributed by atoms with Crippen molar-refractivity contribution in [2.75, 3.05) is 6.26 Å². The maximum atomic E-state index is 14.1. The van der Waals surface area contributed by atoms with Crippen molar-refractivity contribution in [1.29, 1.82) is 0 Å². The van der Waals surface area contributed by atoms with Crippen LogP contribution in [-0.4, -0.2) is 24.2 Å². The zero-order chi connectivity index (χ0) is 16.6. The van der Waals surface area contributed by atoms with E-state index in [0.717, 1.165) is 11.8 Å². The van der Waals surface area contributed by atoms with E-state index in [1.54, 1.807) is 16.7 Å². The van der Waals surface area contributed by atoms with E-state index in [0.29, 0.717) is 21.9 Å². The monoisotopic (exact) mass is 352 g/mol. The summed E-state index contributed by atoms with van der Waals surface area (Å²) < 4.78 is 39.1. The molecule has 7 heteroatoms. The highest BCUT2D eigenvalue weighted by Gasteiger charge is 2.17. The Morgan fingerprint density at radius 2 is 1.91 bits per heavy atom.